The summed E-state index contributed by atoms with van der Waals surface area (Å²) >= 11 is 0. The van der Waals surface area contributed by atoms with Crippen LogP contribution in [0.4, 0.5) is 0 Å². The molecule has 0 bridgehead atoms. The minimum Gasteiger partial charge on any atom is -0.374 e. The summed E-state index contributed by atoms with van der Waals surface area (Å²) in [5, 5.41) is 0. The van der Waals surface area contributed by atoms with Crippen LogP contribution >= 0.6 is 0 Å². The molecule has 0 aromatic heterocycles. The SMILES string of the molecule is C[C@@H]1CCOC(c2ccccc2)C1. The van der Waals surface area contributed by atoms with Gasteiger partial charge in [-0.15, -0.1) is 0 Å². The van der Waals surface area contributed by atoms with Crippen molar-refractivity contribution in [2.75, 3.05) is 6.61 Å². The first-order valence-electron chi connectivity index (χ1n) is 5.03. The van der Waals surface area contributed by atoms with Crippen molar-refractivity contribution in [2.45, 2.75) is 25.9 Å². The minimum atomic E-state index is 0.338. The summed E-state index contributed by atoms with van der Waals surface area (Å²) in [6, 6.07) is 10.5. The number of ether oxygens (including phenoxy) is 1. The average Bonchev–Trinajstić information content (AvgIpc) is 2.19. The maximum Gasteiger partial charge on any atom is 0.0827 e. The van der Waals surface area contributed by atoms with Crippen LogP contribution in [0.15, 0.2) is 30.3 Å². The molecule has 1 aromatic carbocycles. The van der Waals surface area contributed by atoms with Crippen molar-refractivity contribution in [2.24, 2.45) is 5.92 Å². The van der Waals surface area contributed by atoms with Crippen LogP contribution in [0.1, 0.15) is 31.4 Å². The minimum absolute atomic E-state index is 0.338. The molecule has 1 nitrogen and oxygen atoms in total. The third-order valence-corrected chi connectivity index (χ3v) is 2.72. The zero-order chi connectivity index (χ0) is 9.10. The van der Waals surface area contributed by atoms with Gasteiger partial charge in [0.05, 0.1) is 6.10 Å². The average molecular weight is 176 g/mol. The summed E-state index contributed by atoms with van der Waals surface area (Å²) < 4.78 is 5.73. The van der Waals surface area contributed by atoms with Crippen molar-refractivity contribution >= 4 is 0 Å². The molecule has 0 saturated carbocycles. The summed E-state index contributed by atoms with van der Waals surface area (Å²) in [6.07, 6.45) is 2.72. The predicted molar refractivity (Wildman–Crippen MR) is 53.5 cm³/mol. The van der Waals surface area contributed by atoms with Gasteiger partial charge >= 0.3 is 0 Å². The number of rotatable bonds is 1. The van der Waals surface area contributed by atoms with Gasteiger partial charge in [0.15, 0.2) is 0 Å². The third-order valence-electron chi connectivity index (χ3n) is 2.72. The Morgan fingerprint density at radius 2 is 2.00 bits per heavy atom. The number of benzene rings is 1. The van der Waals surface area contributed by atoms with E-state index in [1.807, 2.05) is 0 Å². The van der Waals surface area contributed by atoms with Gasteiger partial charge in [-0.25, -0.2) is 0 Å². The molecule has 1 saturated heterocycles. The lowest BCUT2D eigenvalue weighted by atomic mass is 9.94. The van der Waals surface area contributed by atoms with E-state index in [2.05, 4.69) is 37.3 Å². The van der Waals surface area contributed by atoms with Gasteiger partial charge in [-0.05, 0) is 24.3 Å². The van der Waals surface area contributed by atoms with Crippen LogP contribution < -0.4 is 0 Å². The molecule has 13 heavy (non-hydrogen) atoms. The molecule has 0 N–H and O–H groups in total. The highest BCUT2D eigenvalue weighted by Crippen LogP contribution is 2.30. The number of hydrogen-bond acceptors (Lipinski definition) is 1. The highest BCUT2D eigenvalue weighted by molar-refractivity contribution is 5.17. The Kier molecular flexibility index (Phi) is 2.65. The quantitative estimate of drug-likeness (QED) is 0.638. The van der Waals surface area contributed by atoms with Crippen LogP contribution in [0.2, 0.25) is 0 Å². The zero-order valence-electron chi connectivity index (χ0n) is 8.07. The first-order chi connectivity index (χ1) is 6.36. The van der Waals surface area contributed by atoms with E-state index in [9.17, 15) is 0 Å². The van der Waals surface area contributed by atoms with E-state index in [1.54, 1.807) is 0 Å². The summed E-state index contributed by atoms with van der Waals surface area (Å²) in [4.78, 5) is 0. The third kappa shape index (κ3) is 2.10. The van der Waals surface area contributed by atoms with Gasteiger partial charge in [0.25, 0.3) is 0 Å². The van der Waals surface area contributed by atoms with Crippen LogP contribution in [0.25, 0.3) is 0 Å². The normalized spacial score (nSPS) is 28.7. The molecule has 1 aromatic rings. The van der Waals surface area contributed by atoms with Crippen molar-refractivity contribution in [3.05, 3.63) is 35.9 Å². The topological polar surface area (TPSA) is 9.23 Å². The maximum absolute atomic E-state index is 5.73. The van der Waals surface area contributed by atoms with Crippen molar-refractivity contribution in [1.82, 2.24) is 0 Å². The maximum atomic E-state index is 5.73. The Morgan fingerprint density at radius 1 is 1.23 bits per heavy atom. The highest BCUT2D eigenvalue weighted by Gasteiger charge is 2.20. The fraction of sp³-hybridized carbons (Fsp3) is 0.500. The van der Waals surface area contributed by atoms with Crippen LogP contribution in [-0.4, -0.2) is 6.61 Å². The van der Waals surface area contributed by atoms with E-state index in [0.29, 0.717) is 6.10 Å². The summed E-state index contributed by atoms with van der Waals surface area (Å²) in [5.74, 6) is 0.805. The Bertz CT molecular complexity index is 255. The standard InChI is InChI=1S/C12H16O/c1-10-7-8-13-12(9-10)11-5-3-2-4-6-11/h2-6,10,12H,7-9H2,1H3/t10-,12?/m1/s1. The lowest BCUT2D eigenvalue weighted by Crippen LogP contribution is -2.17. The molecular formula is C12H16O. The Balaban J connectivity index is 2.08. The van der Waals surface area contributed by atoms with E-state index in [4.69, 9.17) is 4.74 Å². The lowest BCUT2D eigenvalue weighted by molar-refractivity contribution is -0.00632. The molecule has 0 radical (unpaired) electrons. The van der Waals surface area contributed by atoms with Crippen LogP contribution in [0, 0.1) is 5.92 Å². The molecule has 2 atom stereocenters. The monoisotopic (exact) mass is 176 g/mol. The first-order valence-corrected chi connectivity index (χ1v) is 5.03. The van der Waals surface area contributed by atoms with E-state index >= 15 is 0 Å². The van der Waals surface area contributed by atoms with Crippen LogP contribution in [0.5, 0.6) is 0 Å². The van der Waals surface area contributed by atoms with Crippen LogP contribution in [0.3, 0.4) is 0 Å². The van der Waals surface area contributed by atoms with E-state index in [0.717, 1.165) is 12.5 Å². The van der Waals surface area contributed by atoms with Crippen molar-refractivity contribution in [3.8, 4) is 0 Å². The molecule has 1 aliphatic heterocycles. The van der Waals surface area contributed by atoms with Crippen molar-refractivity contribution in [3.63, 3.8) is 0 Å². The van der Waals surface area contributed by atoms with Gasteiger partial charge < -0.3 is 4.74 Å². The van der Waals surface area contributed by atoms with Gasteiger partial charge in [-0.2, -0.15) is 0 Å². The summed E-state index contributed by atoms with van der Waals surface area (Å²) in [7, 11) is 0. The highest BCUT2D eigenvalue weighted by atomic mass is 16.5. The fourth-order valence-electron chi connectivity index (χ4n) is 1.86. The lowest BCUT2D eigenvalue weighted by Gasteiger charge is -2.27. The Morgan fingerprint density at radius 3 is 2.69 bits per heavy atom. The summed E-state index contributed by atoms with van der Waals surface area (Å²) in [6.45, 7) is 3.22. The smallest absolute Gasteiger partial charge is 0.0827 e. The second-order valence-electron chi connectivity index (χ2n) is 3.90. The largest absolute Gasteiger partial charge is 0.374 e. The van der Waals surface area contributed by atoms with Crippen molar-refractivity contribution in [1.29, 1.82) is 0 Å². The van der Waals surface area contributed by atoms with Gasteiger partial charge in [0, 0.05) is 6.61 Å². The van der Waals surface area contributed by atoms with E-state index in [1.165, 1.54) is 18.4 Å². The first kappa shape index (κ1) is 8.76. The zero-order valence-corrected chi connectivity index (χ0v) is 8.07. The van der Waals surface area contributed by atoms with Crippen molar-refractivity contribution < 1.29 is 4.74 Å². The molecule has 0 spiro atoms. The molecule has 0 aliphatic carbocycles. The summed E-state index contributed by atoms with van der Waals surface area (Å²) in [5.41, 5.74) is 1.33. The van der Waals surface area contributed by atoms with Gasteiger partial charge in [-0.3, -0.25) is 0 Å². The molecule has 0 amide bonds. The second-order valence-corrected chi connectivity index (χ2v) is 3.90. The molecule has 70 valence electrons. The molecule has 1 heteroatoms. The Labute approximate surface area is 79.7 Å². The van der Waals surface area contributed by atoms with Gasteiger partial charge in [0.1, 0.15) is 0 Å². The predicted octanol–water partition coefficient (Wildman–Crippen LogP) is 3.17. The van der Waals surface area contributed by atoms with Crippen LogP contribution in [-0.2, 0) is 4.74 Å². The van der Waals surface area contributed by atoms with Gasteiger partial charge in [0.2, 0.25) is 0 Å². The molecular weight excluding hydrogens is 160 g/mol. The fourth-order valence-corrected chi connectivity index (χ4v) is 1.86. The second kappa shape index (κ2) is 3.93. The van der Waals surface area contributed by atoms with Gasteiger partial charge in [-0.1, -0.05) is 37.3 Å². The number of hydrogen-bond donors (Lipinski definition) is 0. The van der Waals surface area contributed by atoms with E-state index < -0.39 is 0 Å². The molecule has 1 unspecified atom stereocenters. The molecule has 1 aliphatic rings. The molecule has 1 fully saturated rings. The van der Waals surface area contributed by atoms with E-state index in [-0.39, 0.29) is 0 Å². The molecule has 1 heterocycles. The Hall–Kier alpha value is -0.820. The molecule has 2 rings (SSSR count).